The molecule has 0 spiro atoms. The molecular formula is C18H16N4O2S2. The lowest BCUT2D eigenvalue weighted by Crippen LogP contribution is -2.23. The average Bonchev–Trinajstić information content (AvgIpc) is 3.16. The molecule has 0 aliphatic carbocycles. The molecule has 0 fully saturated rings. The monoisotopic (exact) mass is 384 g/mol. The average molecular weight is 384 g/mol. The summed E-state index contributed by atoms with van der Waals surface area (Å²) in [5.41, 5.74) is 2.67. The first-order valence-electron chi connectivity index (χ1n) is 8.03. The summed E-state index contributed by atoms with van der Waals surface area (Å²) in [4.78, 5) is 31.1. The van der Waals surface area contributed by atoms with E-state index in [4.69, 9.17) is 0 Å². The summed E-state index contributed by atoms with van der Waals surface area (Å²) in [7, 11) is 0. The number of anilines is 1. The quantitative estimate of drug-likeness (QED) is 0.723. The number of thiazole rings is 1. The molecule has 2 N–H and O–H groups in total. The minimum absolute atomic E-state index is 0.179. The summed E-state index contributed by atoms with van der Waals surface area (Å²) in [6.07, 6.45) is 1.84. The fraction of sp³-hybridized carbons (Fsp3) is 0.167. The molecule has 1 aliphatic rings. The van der Waals surface area contributed by atoms with Crippen LogP contribution in [0, 0.1) is 13.8 Å². The van der Waals surface area contributed by atoms with Crippen LogP contribution in [-0.2, 0) is 6.54 Å². The summed E-state index contributed by atoms with van der Waals surface area (Å²) in [5.74, 6) is -0.365. The lowest BCUT2D eigenvalue weighted by Gasteiger charge is -2.09. The lowest BCUT2D eigenvalue weighted by molar-refractivity contribution is 0.0949. The topological polar surface area (TPSA) is 76.0 Å². The number of nitrogens with one attached hydrogen (secondary N) is 2. The summed E-state index contributed by atoms with van der Waals surface area (Å²) < 4.78 is 1.82. The Labute approximate surface area is 158 Å². The summed E-state index contributed by atoms with van der Waals surface area (Å²) in [5, 5.41) is 6.79. The van der Waals surface area contributed by atoms with Crippen molar-refractivity contribution in [3.8, 4) is 0 Å². The first-order chi connectivity index (χ1) is 12.5. The zero-order valence-electron chi connectivity index (χ0n) is 14.2. The molecule has 26 heavy (non-hydrogen) atoms. The number of aryl methyl sites for hydroxylation is 2. The van der Waals surface area contributed by atoms with Crippen LogP contribution in [0.1, 0.15) is 36.4 Å². The van der Waals surface area contributed by atoms with Gasteiger partial charge in [-0.2, -0.15) is 0 Å². The molecule has 1 aromatic carbocycles. The zero-order chi connectivity index (χ0) is 18.3. The SMILES string of the molecule is Cc1nc(C)c(CNC(=O)c2ccc3c(c2)NC(=O)c2cccn2S3)s1. The van der Waals surface area contributed by atoms with Gasteiger partial charge in [-0.25, -0.2) is 4.98 Å². The lowest BCUT2D eigenvalue weighted by atomic mass is 10.2. The van der Waals surface area contributed by atoms with Crippen molar-refractivity contribution in [1.82, 2.24) is 14.3 Å². The van der Waals surface area contributed by atoms with E-state index in [0.29, 0.717) is 23.5 Å². The molecule has 6 nitrogen and oxygen atoms in total. The van der Waals surface area contributed by atoms with Gasteiger partial charge in [0.1, 0.15) is 5.69 Å². The van der Waals surface area contributed by atoms with Crippen LogP contribution < -0.4 is 10.6 Å². The number of carbonyl (C=O) groups is 2. The van der Waals surface area contributed by atoms with Gasteiger partial charge in [0, 0.05) is 16.6 Å². The van der Waals surface area contributed by atoms with Crippen molar-refractivity contribution < 1.29 is 9.59 Å². The van der Waals surface area contributed by atoms with Crippen molar-refractivity contribution in [2.45, 2.75) is 25.3 Å². The normalized spacial score (nSPS) is 12.8. The molecule has 0 unspecified atom stereocenters. The minimum atomic E-state index is -0.186. The Balaban J connectivity index is 1.53. The van der Waals surface area contributed by atoms with Crippen LogP contribution in [0.25, 0.3) is 0 Å². The standard InChI is InChI=1S/C18H16N4O2S2/c1-10-16(25-11(2)20-10)9-19-17(23)12-5-6-15-13(8-12)21-18(24)14-4-3-7-22(14)26-15/h3-8H,9H2,1-2H3,(H,19,23)(H,21,24). The predicted molar refractivity (Wildman–Crippen MR) is 103 cm³/mol. The summed E-state index contributed by atoms with van der Waals surface area (Å²) >= 11 is 3.03. The number of amides is 2. The summed E-state index contributed by atoms with van der Waals surface area (Å²) in [6, 6.07) is 8.94. The Hall–Kier alpha value is -2.58. The Morgan fingerprint density at radius 3 is 2.92 bits per heavy atom. The number of fused-ring (bicyclic) bond motifs is 2. The van der Waals surface area contributed by atoms with Crippen LogP contribution >= 0.6 is 23.3 Å². The van der Waals surface area contributed by atoms with Gasteiger partial charge in [-0.15, -0.1) is 11.3 Å². The van der Waals surface area contributed by atoms with Crippen LogP contribution in [0.4, 0.5) is 5.69 Å². The molecule has 2 aromatic heterocycles. The van der Waals surface area contributed by atoms with E-state index < -0.39 is 0 Å². The smallest absolute Gasteiger partial charge is 0.273 e. The number of hydrogen-bond donors (Lipinski definition) is 2. The number of carbonyl (C=O) groups excluding carboxylic acids is 2. The third kappa shape index (κ3) is 3.13. The second-order valence-corrected chi connectivity index (χ2v) is 8.20. The highest BCUT2D eigenvalue weighted by Gasteiger charge is 2.20. The summed E-state index contributed by atoms with van der Waals surface area (Å²) in [6.45, 7) is 4.33. The van der Waals surface area contributed by atoms with Gasteiger partial charge in [-0.05, 0) is 56.1 Å². The maximum absolute atomic E-state index is 12.5. The van der Waals surface area contributed by atoms with Crippen LogP contribution in [0.15, 0.2) is 41.4 Å². The third-order valence-electron chi connectivity index (χ3n) is 4.04. The van der Waals surface area contributed by atoms with E-state index in [1.54, 1.807) is 29.5 Å². The number of rotatable bonds is 3. The third-order valence-corrected chi connectivity index (χ3v) is 6.18. The first-order valence-corrected chi connectivity index (χ1v) is 9.62. The maximum Gasteiger partial charge on any atom is 0.273 e. The molecular weight excluding hydrogens is 368 g/mol. The van der Waals surface area contributed by atoms with E-state index in [1.165, 1.54) is 11.9 Å². The molecule has 3 heterocycles. The zero-order valence-corrected chi connectivity index (χ0v) is 15.8. The molecule has 8 heteroatoms. The Bertz CT molecular complexity index is 1020. The number of benzene rings is 1. The Morgan fingerprint density at radius 1 is 1.31 bits per heavy atom. The Kier molecular flexibility index (Phi) is 4.29. The van der Waals surface area contributed by atoms with Crippen molar-refractivity contribution in [3.63, 3.8) is 0 Å². The molecule has 1 aliphatic heterocycles. The second kappa shape index (κ2) is 6.62. The van der Waals surface area contributed by atoms with Crippen molar-refractivity contribution in [2.75, 3.05) is 5.32 Å². The van der Waals surface area contributed by atoms with Gasteiger partial charge in [0.05, 0.1) is 27.8 Å². The van der Waals surface area contributed by atoms with Crippen molar-refractivity contribution >= 4 is 40.8 Å². The molecule has 132 valence electrons. The van der Waals surface area contributed by atoms with Crippen molar-refractivity contribution in [2.24, 2.45) is 0 Å². The molecule has 3 aromatic rings. The highest BCUT2D eigenvalue weighted by Crippen LogP contribution is 2.33. The van der Waals surface area contributed by atoms with Gasteiger partial charge in [0.15, 0.2) is 0 Å². The predicted octanol–water partition coefficient (Wildman–Crippen LogP) is 3.61. The van der Waals surface area contributed by atoms with Crippen molar-refractivity contribution in [1.29, 1.82) is 0 Å². The Morgan fingerprint density at radius 2 is 2.15 bits per heavy atom. The number of aromatic nitrogens is 2. The van der Waals surface area contributed by atoms with Crippen LogP contribution in [0.3, 0.4) is 0 Å². The molecule has 4 rings (SSSR count). The van der Waals surface area contributed by atoms with Gasteiger partial charge >= 0.3 is 0 Å². The highest BCUT2D eigenvalue weighted by molar-refractivity contribution is 7.98. The molecule has 0 saturated heterocycles. The van der Waals surface area contributed by atoms with E-state index >= 15 is 0 Å². The van der Waals surface area contributed by atoms with Gasteiger partial charge in [0.25, 0.3) is 11.8 Å². The number of hydrogen-bond acceptors (Lipinski definition) is 5. The molecule has 0 atom stereocenters. The van der Waals surface area contributed by atoms with E-state index in [2.05, 4.69) is 15.6 Å². The second-order valence-electron chi connectivity index (χ2n) is 5.90. The van der Waals surface area contributed by atoms with E-state index in [0.717, 1.165) is 20.5 Å². The van der Waals surface area contributed by atoms with Crippen LogP contribution in [0.5, 0.6) is 0 Å². The fourth-order valence-corrected chi connectivity index (χ4v) is 4.56. The highest BCUT2D eigenvalue weighted by atomic mass is 32.2. The van der Waals surface area contributed by atoms with Crippen LogP contribution in [-0.4, -0.2) is 20.8 Å². The fourth-order valence-electron chi connectivity index (χ4n) is 2.76. The van der Waals surface area contributed by atoms with Gasteiger partial charge in [0.2, 0.25) is 0 Å². The van der Waals surface area contributed by atoms with E-state index in [-0.39, 0.29) is 11.8 Å². The van der Waals surface area contributed by atoms with Gasteiger partial charge < -0.3 is 10.6 Å². The van der Waals surface area contributed by atoms with Crippen LogP contribution in [0.2, 0.25) is 0 Å². The first kappa shape index (κ1) is 16.9. The molecule has 0 bridgehead atoms. The van der Waals surface area contributed by atoms with Gasteiger partial charge in [-0.1, -0.05) is 0 Å². The number of nitrogens with zero attached hydrogens (tertiary/aromatic N) is 2. The minimum Gasteiger partial charge on any atom is -0.347 e. The van der Waals surface area contributed by atoms with E-state index in [9.17, 15) is 9.59 Å². The van der Waals surface area contributed by atoms with Crippen molar-refractivity contribution in [3.05, 3.63) is 63.4 Å². The molecule has 0 radical (unpaired) electrons. The largest absolute Gasteiger partial charge is 0.347 e. The van der Waals surface area contributed by atoms with E-state index in [1.807, 2.05) is 36.1 Å². The maximum atomic E-state index is 12.5. The molecule has 2 amide bonds. The molecule has 0 saturated carbocycles. The van der Waals surface area contributed by atoms with Gasteiger partial charge in [-0.3, -0.25) is 13.6 Å².